The van der Waals surface area contributed by atoms with Crippen LogP contribution in [0.4, 0.5) is 31.1 Å². The molecule has 0 spiro atoms. The van der Waals surface area contributed by atoms with E-state index in [9.17, 15) is 35.9 Å². The molecule has 0 aromatic carbocycles. The smallest absolute Gasteiger partial charge is 0.434 e. The first-order valence-corrected chi connectivity index (χ1v) is 5.26. The number of hydrogen-bond acceptors (Lipinski definition) is 4. The van der Waals surface area contributed by atoms with Crippen molar-refractivity contribution in [3.63, 3.8) is 0 Å². The Balaban J connectivity index is 4.29. The van der Waals surface area contributed by atoms with Crippen LogP contribution >= 0.6 is 0 Å². The van der Waals surface area contributed by atoms with E-state index in [2.05, 4.69) is 16.1 Å². The van der Waals surface area contributed by atoms with Crippen molar-refractivity contribution in [1.82, 2.24) is 5.32 Å². The molecular formula is C10H11F6NO4. The summed E-state index contributed by atoms with van der Waals surface area (Å²) < 4.78 is 80.0. The maximum absolute atomic E-state index is 12.1. The van der Waals surface area contributed by atoms with Crippen LogP contribution in [0.25, 0.3) is 0 Å². The quantitative estimate of drug-likeness (QED) is 0.365. The van der Waals surface area contributed by atoms with Crippen LogP contribution in [-0.2, 0) is 14.3 Å². The third kappa shape index (κ3) is 7.42. The van der Waals surface area contributed by atoms with Crippen molar-refractivity contribution >= 4 is 12.1 Å². The van der Waals surface area contributed by atoms with Crippen LogP contribution in [0.15, 0.2) is 12.2 Å². The highest BCUT2D eigenvalue weighted by Crippen LogP contribution is 2.35. The Labute approximate surface area is 114 Å². The molecule has 0 fully saturated rings. The molecule has 0 aliphatic heterocycles. The molecule has 0 bridgehead atoms. The minimum Gasteiger partial charge on any atom is -0.460 e. The van der Waals surface area contributed by atoms with Crippen molar-refractivity contribution in [2.75, 3.05) is 13.2 Å². The number of rotatable bonds is 5. The predicted molar refractivity (Wildman–Crippen MR) is 56.2 cm³/mol. The van der Waals surface area contributed by atoms with Crippen LogP contribution in [0.2, 0.25) is 0 Å². The van der Waals surface area contributed by atoms with Crippen molar-refractivity contribution < 1.29 is 45.4 Å². The van der Waals surface area contributed by atoms with Gasteiger partial charge in [0.15, 0.2) is 0 Å². The van der Waals surface area contributed by atoms with Gasteiger partial charge in [0.2, 0.25) is 0 Å². The zero-order valence-corrected chi connectivity index (χ0v) is 10.6. The van der Waals surface area contributed by atoms with Gasteiger partial charge in [-0.3, -0.25) is 0 Å². The highest BCUT2D eigenvalue weighted by atomic mass is 19.4. The Morgan fingerprint density at radius 3 is 2.00 bits per heavy atom. The molecule has 0 aliphatic carbocycles. The first-order chi connectivity index (χ1) is 9.35. The number of alkyl carbamates (subject to hydrolysis) is 1. The van der Waals surface area contributed by atoms with Crippen molar-refractivity contribution in [2.45, 2.75) is 25.4 Å². The number of nitrogens with one attached hydrogen (secondary N) is 1. The summed E-state index contributed by atoms with van der Waals surface area (Å²) in [5, 5.41) is 1.58. The molecule has 0 atom stereocenters. The molecule has 0 aromatic heterocycles. The van der Waals surface area contributed by atoms with Gasteiger partial charge in [0, 0.05) is 5.57 Å². The molecule has 0 unspecified atom stereocenters. The molecule has 0 radical (unpaired) electrons. The zero-order valence-electron chi connectivity index (χ0n) is 10.6. The monoisotopic (exact) mass is 323 g/mol. The van der Waals surface area contributed by atoms with Gasteiger partial charge in [0.25, 0.3) is 6.10 Å². The Bertz CT molecular complexity index is 389. The second kappa shape index (κ2) is 7.18. The maximum atomic E-state index is 12.1. The van der Waals surface area contributed by atoms with E-state index in [0.29, 0.717) is 0 Å². The van der Waals surface area contributed by atoms with E-state index in [1.165, 1.54) is 6.92 Å². The molecule has 1 N–H and O–H groups in total. The molecule has 0 heterocycles. The lowest BCUT2D eigenvalue weighted by Gasteiger charge is -2.22. The largest absolute Gasteiger partial charge is 0.460 e. The van der Waals surface area contributed by atoms with Gasteiger partial charge < -0.3 is 14.8 Å². The number of carbonyl (C=O) groups excluding carboxylic acids is 2. The van der Waals surface area contributed by atoms with Crippen molar-refractivity contribution in [1.29, 1.82) is 0 Å². The summed E-state index contributed by atoms with van der Waals surface area (Å²) in [5.74, 6) is -0.825. The summed E-state index contributed by atoms with van der Waals surface area (Å²) in [6.07, 6.45) is -17.8. The third-order valence-electron chi connectivity index (χ3n) is 1.77. The summed E-state index contributed by atoms with van der Waals surface area (Å²) >= 11 is 0. The topological polar surface area (TPSA) is 64.6 Å². The standard InChI is InChI=1S/C10H11F6NO4/c1-5(2)6(18)20-4-3-17-8(19)21-7(9(11,12)13)10(14,15)16/h7H,1,3-4H2,2H3,(H,17,19). The van der Waals surface area contributed by atoms with Crippen LogP contribution in [0.5, 0.6) is 0 Å². The lowest BCUT2D eigenvalue weighted by molar-refractivity contribution is -0.307. The molecule has 0 saturated heterocycles. The Morgan fingerprint density at radius 2 is 1.62 bits per heavy atom. The summed E-state index contributed by atoms with van der Waals surface area (Å²) in [6.45, 7) is 3.55. The molecule has 0 aliphatic rings. The zero-order chi connectivity index (χ0) is 16.8. The second-order valence-corrected chi connectivity index (χ2v) is 3.71. The first-order valence-electron chi connectivity index (χ1n) is 5.26. The molecule has 21 heavy (non-hydrogen) atoms. The fourth-order valence-corrected chi connectivity index (χ4v) is 0.888. The van der Waals surface area contributed by atoms with Gasteiger partial charge in [0.1, 0.15) is 6.61 Å². The molecule has 0 aromatic rings. The van der Waals surface area contributed by atoms with Gasteiger partial charge in [-0.15, -0.1) is 0 Å². The number of ether oxygens (including phenoxy) is 2. The van der Waals surface area contributed by atoms with E-state index in [4.69, 9.17) is 0 Å². The number of esters is 1. The molecule has 11 heteroatoms. The fraction of sp³-hybridized carbons (Fsp3) is 0.600. The lowest BCUT2D eigenvalue weighted by Crippen LogP contribution is -2.47. The van der Waals surface area contributed by atoms with Crippen LogP contribution in [-0.4, -0.2) is 43.7 Å². The summed E-state index contributed by atoms with van der Waals surface area (Å²) in [4.78, 5) is 21.7. The highest BCUT2D eigenvalue weighted by molar-refractivity contribution is 5.86. The van der Waals surface area contributed by atoms with E-state index < -0.39 is 43.7 Å². The van der Waals surface area contributed by atoms with Gasteiger partial charge in [-0.2, -0.15) is 26.3 Å². The van der Waals surface area contributed by atoms with E-state index in [-0.39, 0.29) is 5.57 Å². The highest BCUT2D eigenvalue weighted by Gasteiger charge is 2.59. The van der Waals surface area contributed by atoms with Crippen LogP contribution in [0, 0.1) is 0 Å². The second-order valence-electron chi connectivity index (χ2n) is 3.71. The van der Waals surface area contributed by atoms with Crippen LogP contribution < -0.4 is 5.32 Å². The molecule has 1 amide bonds. The molecule has 5 nitrogen and oxygen atoms in total. The van der Waals surface area contributed by atoms with Gasteiger partial charge >= 0.3 is 24.4 Å². The minimum absolute atomic E-state index is 0.0341. The molecular weight excluding hydrogens is 312 g/mol. The average molecular weight is 323 g/mol. The SMILES string of the molecule is C=C(C)C(=O)OCCNC(=O)OC(C(F)(F)F)C(F)(F)F. The average Bonchev–Trinajstić information content (AvgIpc) is 2.28. The normalized spacial score (nSPS) is 12.0. The lowest BCUT2D eigenvalue weighted by atomic mass is 10.3. The Morgan fingerprint density at radius 1 is 1.14 bits per heavy atom. The third-order valence-corrected chi connectivity index (χ3v) is 1.77. The summed E-state index contributed by atoms with van der Waals surface area (Å²) in [7, 11) is 0. The summed E-state index contributed by atoms with van der Waals surface area (Å²) in [6, 6.07) is 0. The Hall–Kier alpha value is -1.94. The molecule has 122 valence electrons. The number of alkyl halides is 6. The fourth-order valence-electron chi connectivity index (χ4n) is 0.888. The van der Waals surface area contributed by atoms with E-state index in [1.54, 1.807) is 5.32 Å². The molecule has 0 saturated carbocycles. The number of carbonyl (C=O) groups is 2. The number of halogens is 6. The number of hydrogen-bond donors (Lipinski definition) is 1. The van der Waals surface area contributed by atoms with Gasteiger partial charge in [0.05, 0.1) is 6.54 Å². The predicted octanol–water partition coefficient (Wildman–Crippen LogP) is 2.33. The van der Waals surface area contributed by atoms with Crippen molar-refractivity contribution in [3.05, 3.63) is 12.2 Å². The van der Waals surface area contributed by atoms with Crippen LogP contribution in [0.3, 0.4) is 0 Å². The minimum atomic E-state index is -5.79. The maximum Gasteiger partial charge on any atom is 0.434 e. The first kappa shape index (κ1) is 19.1. The van der Waals surface area contributed by atoms with E-state index in [0.717, 1.165) is 0 Å². The molecule has 0 rings (SSSR count). The van der Waals surface area contributed by atoms with E-state index in [1.807, 2.05) is 0 Å². The van der Waals surface area contributed by atoms with Gasteiger partial charge in [-0.25, -0.2) is 9.59 Å². The van der Waals surface area contributed by atoms with Crippen LogP contribution in [0.1, 0.15) is 6.92 Å². The summed E-state index contributed by atoms with van der Waals surface area (Å²) in [5.41, 5.74) is 0.0341. The Kier molecular flexibility index (Phi) is 6.52. The van der Waals surface area contributed by atoms with E-state index >= 15 is 0 Å². The number of amides is 1. The van der Waals surface area contributed by atoms with Crippen molar-refractivity contribution in [2.24, 2.45) is 0 Å². The van der Waals surface area contributed by atoms with Crippen molar-refractivity contribution in [3.8, 4) is 0 Å². The van der Waals surface area contributed by atoms with Gasteiger partial charge in [-0.1, -0.05) is 6.58 Å². The van der Waals surface area contributed by atoms with Gasteiger partial charge in [-0.05, 0) is 6.92 Å².